The zero-order valence-electron chi connectivity index (χ0n) is 10.3. The summed E-state index contributed by atoms with van der Waals surface area (Å²) in [6.45, 7) is 7.52. The minimum atomic E-state index is 0.730. The Balaban J connectivity index is 2.13. The van der Waals surface area contributed by atoms with E-state index < -0.39 is 0 Å². The van der Waals surface area contributed by atoms with Crippen LogP contribution in [0, 0.1) is 13.8 Å². The van der Waals surface area contributed by atoms with E-state index in [2.05, 4.69) is 15.4 Å². The topological polar surface area (TPSA) is 68.8 Å². The molecule has 3 N–H and O–H groups in total. The van der Waals surface area contributed by atoms with Crippen molar-refractivity contribution in [3.05, 3.63) is 21.8 Å². The number of aryl methyl sites for hydroxylation is 3. The lowest BCUT2D eigenvalue weighted by Crippen LogP contribution is -2.07. The molecule has 0 radical (unpaired) electrons. The fourth-order valence-corrected chi connectivity index (χ4v) is 2.40. The molecule has 2 rings (SSSR count). The van der Waals surface area contributed by atoms with Crippen LogP contribution in [0.5, 0.6) is 0 Å². The van der Waals surface area contributed by atoms with E-state index in [1.165, 1.54) is 4.88 Å². The summed E-state index contributed by atoms with van der Waals surface area (Å²) >= 11 is 1.69. The SMILES string of the molecule is CCn1nc(C)c(N)c1NCc1cnc(C)s1. The van der Waals surface area contributed by atoms with Gasteiger partial charge < -0.3 is 11.1 Å². The molecule has 0 aliphatic heterocycles. The van der Waals surface area contributed by atoms with Crippen LogP contribution in [0.1, 0.15) is 22.5 Å². The molecule has 0 fully saturated rings. The Morgan fingerprint density at radius 3 is 2.82 bits per heavy atom. The molecule has 0 atom stereocenters. The largest absolute Gasteiger partial charge is 0.394 e. The molecule has 92 valence electrons. The third kappa shape index (κ3) is 2.41. The van der Waals surface area contributed by atoms with Crippen molar-refractivity contribution in [2.45, 2.75) is 33.9 Å². The van der Waals surface area contributed by atoms with Gasteiger partial charge in [0.25, 0.3) is 0 Å². The van der Waals surface area contributed by atoms with E-state index in [0.29, 0.717) is 0 Å². The average Bonchev–Trinajstić information content (AvgIpc) is 2.83. The number of hydrogen-bond acceptors (Lipinski definition) is 5. The summed E-state index contributed by atoms with van der Waals surface area (Å²) in [5.74, 6) is 0.899. The van der Waals surface area contributed by atoms with Crippen LogP contribution < -0.4 is 11.1 Å². The van der Waals surface area contributed by atoms with Gasteiger partial charge in [0.05, 0.1) is 22.9 Å². The predicted molar refractivity (Wildman–Crippen MR) is 71.2 cm³/mol. The van der Waals surface area contributed by atoms with Gasteiger partial charge >= 0.3 is 0 Å². The van der Waals surface area contributed by atoms with Gasteiger partial charge in [-0.15, -0.1) is 11.3 Å². The molecule has 17 heavy (non-hydrogen) atoms. The fourth-order valence-electron chi connectivity index (χ4n) is 1.67. The third-order valence-electron chi connectivity index (χ3n) is 2.57. The number of aromatic nitrogens is 3. The van der Waals surface area contributed by atoms with Gasteiger partial charge in [-0.2, -0.15) is 5.10 Å². The Bertz CT molecular complexity index is 514. The molecule has 6 heteroatoms. The monoisotopic (exact) mass is 251 g/mol. The van der Waals surface area contributed by atoms with Crippen LogP contribution in [0.3, 0.4) is 0 Å². The van der Waals surface area contributed by atoms with Gasteiger partial charge in [0.15, 0.2) is 0 Å². The molecule has 0 amide bonds. The average molecular weight is 251 g/mol. The lowest BCUT2D eigenvalue weighted by atomic mass is 10.4. The molecular formula is C11H17N5S. The Morgan fingerprint density at radius 2 is 2.24 bits per heavy atom. The van der Waals surface area contributed by atoms with E-state index in [1.54, 1.807) is 11.3 Å². The van der Waals surface area contributed by atoms with Crippen molar-refractivity contribution in [2.75, 3.05) is 11.1 Å². The van der Waals surface area contributed by atoms with Crippen LogP contribution in [0.2, 0.25) is 0 Å². The maximum Gasteiger partial charge on any atom is 0.148 e. The van der Waals surface area contributed by atoms with Crippen LogP contribution in [-0.2, 0) is 13.1 Å². The highest BCUT2D eigenvalue weighted by molar-refractivity contribution is 7.11. The van der Waals surface area contributed by atoms with Crippen molar-refractivity contribution in [1.29, 1.82) is 0 Å². The smallest absolute Gasteiger partial charge is 0.148 e. The maximum absolute atomic E-state index is 5.99. The van der Waals surface area contributed by atoms with Gasteiger partial charge in [-0.25, -0.2) is 9.67 Å². The van der Waals surface area contributed by atoms with Crippen molar-refractivity contribution < 1.29 is 0 Å². The van der Waals surface area contributed by atoms with Gasteiger partial charge in [0.1, 0.15) is 5.82 Å². The Hall–Kier alpha value is -1.56. The highest BCUT2D eigenvalue weighted by atomic mass is 32.1. The zero-order chi connectivity index (χ0) is 12.4. The molecule has 2 aromatic rings. The molecule has 0 unspecified atom stereocenters. The second kappa shape index (κ2) is 4.75. The number of nitrogens with zero attached hydrogens (tertiary/aromatic N) is 3. The van der Waals surface area contributed by atoms with E-state index in [1.807, 2.05) is 31.6 Å². The predicted octanol–water partition coefficient (Wildman–Crippen LogP) is 2.17. The van der Waals surface area contributed by atoms with Crippen molar-refractivity contribution in [2.24, 2.45) is 0 Å². The number of nitrogens with two attached hydrogens (primary N) is 1. The number of rotatable bonds is 4. The van der Waals surface area contributed by atoms with Gasteiger partial charge in [0.2, 0.25) is 0 Å². The number of thiazole rings is 1. The molecule has 0 spiro atoms. The summed E-state index contributed by atoms with van der Waals surface area (Å²) in [6, 6.07) is 0. The van der Waals surface area contributed by atoms with Crippen LogP contribution in [0.15, 0.2) is 6.20 Å². The summed E-state index contributed by atoms with van der Waals surface area (Å²) in [6.07, 6.45) is 1.89. The lowest BCUT2D eigenvalue weighted by Gasteiger charge is -2.07. The highest BCUT2D eigenvalue weighted by Gasteiger charge is 2.11. The van der Waals surface area contributed by atoms with Crippen molar-refractivity contribution in [1.82, 2.24) is 14.8 Å². The second-order valence-electron chi connectivity index (χ2n) is 3.86. The molecule has 0 saturated carbocycles. The summed E-state index contributed by atoms with van der Waals surface area (Å²) in [5.41, 5.74) is 7.59. The minimum absolute atomic E-state index is 0.730. The van der Waals surface area contributed by atoms with Crippen LogP contribution in [0.25, 0.3) is 0 Å². The van der Waals surface area contributed by atoms with Crippen molar-refractivity contribution in [3.8, 4) is 0 Å². The number of nitrogen functional groups attached to an aromatic ring is 1. The van der Waals surface area contributed by atoms with E-state index in [4.69, 9.17) is 5.73 Å². The molecule has 2 aromatic heterocycles. The first-order chi connectivity index (χ1) is 8.11. The maximum atomic E-state index is 5.99. The van der Waals surface area contributed by atoms with Crippen molar-refractivity contribution >= 4 is 22.8 Å². The Morgan fingerprint density at radius 1 is 1.47 bits per heavy atom. The van der Waals surface area contributed by atoms with E-state index in [0.717, 1.165) is 35.3 Å². The summed E-state index contributed by atoms with van der Waals surface area (Å²) in [5, 5.41) is 8.77. The summed E-state index contributed by atoms with van der Waals surface area (Å²) < 4.78 is 1.89. The van der Waals surface area contributed by atoms with Crippen LogP contribution in [0.4, 0.5) is 11.5 Å². The first-order valence-electron chi connectivity index (χ1n) is 5.60. The standard InChI is InChI=1S/C11H17N5S/c1-4-16-11(10(12)7(2)15-16)14-6-9-5-13-8(3)17-9/h5,14H,4,6,12H2,1-3H3. The summed E-state index contributed by atoms with van der Waals surface area (Å²) in [4.78, 5) is 5.42. The second-order valence-corrected chi connectivity index (χ2v) is 5.18. The molecule has 0 aromatic carbocycles. The summed E-state index contributed by atoms with van der Waals surface area (Å²) in [7, 11) is 0. The lowest BCUT2D eigenvalue weighted by molar-refractivity contribution is 0.658. The highest BCUT2D eigenvalue weighted by Crippen LogP contribution is 2.23. The number of hydrogen-bond donors (Lipinski definition) is 2. The van der Waals surface area contributed by atoms with E-state index in [9.17, 15) is 0 Å². The third-order valence-corrected chi connectivity index (χ3v) is 3.49. The van der Waals surface area contributed by atoms with Gasteiger partial charge in [0, 0.05) is 17.6 Å². The van der Waals surface area contributed by atoms with Crippen LogP contribution in [-0.4, -0.2) is 14.8 Å². The molecule has 0 saturated heterocycles. The molecular weight excluding hydrogens is 234 g/mol. The molecule has 2 heterocycles. The van der Waals surface area contributed by atoms with Gasteiger partial charge in [-0.3, -0.25) is 0 Å². The first-order valence-corrected chi connectivity index (χ1v) is 6.41. The van der Waals surface area contributed by atoms with Crippen molar-refractivity contribution in [3.63, 3.8) is 0 Å². The fraction of sp³-hybridized carbons (Fsp3) is 0.455. The Labute approximate surface area is 105 Å². The molecule has 5 nitrogen and oxygen atoms in total. The van der Waals surface area contributed by atoms with Gasteiger partial charge in [-0.1, -0.05) is 0 Å². The zero-order valence-corrected chi connectivity index (χ0v) is 11.1. The Kier molecular flexibility index (Phi) is 3.33. The minimum Gasteiger partial charge on any atom is -0.394 e. The number of anilines is 2. The molecule has 0 bridgehead atoms. The van der Waals surface area contributed by atoms with Gasteiger partial charge in [-0.05, 0) is 20.8 Å². The first kappa shape index (κ1) is 11.9. The normalized spacial score (nSPS) is 10.8. The van der Waals surface area contributed by atoms with E-state index in [-0.39, 0.29) is 0 Å². The van der Waals surface area contributed by atoms with Crippen LogP contribution >= 0.6 is 11.3 Å². The van der Waals surface area contributed by atoms with E-state index >= 15 is 0 Å². The molecule has 0 aliphatic carbocycles. The molecule has 0 aliphatic rings. The quantitative estimate of drug-likeness (QED) is 0.873. The number of nitrogens with one attached hydrogen (secondary N) is 1.